The molecule has 126 valence electrons. The van der Waals surface area contributed by atoms with Crippen molar-refractivity contribution in [3.8, 4) is 0 Å². The van der Waals surface area contributed by atoms with E-state index in [1.807, 2.05) is 32.2 Å². The van der Waals surface area contributed by atoms with Gasteiger partial charge < -0.3 is 15.4 Å². The Bertz CT molecular complexity index is 653. The number of benzene rings is 1. The molecule has 6 heteroatoms. The third kappa shape index (κ3) is 5.62. The Hall–Kier alpha value is -1.41. The van der Waals surface area contributed by atoms with Crippen molar-refractivity contribution in [2.75, 3.05) is 20.7 Å². The van der Waals surface area contributed by atoms with E-state index in [-0.39, 0.29) is 29.6 Å². The van der Waals surface area contributed by atoms with E-state index in [1.165, 1.54) is 0 Å². The Morgan fingerprint density at radius 1 is 1.22 bits per heavy atom. The highest BCUT2D eigenvalue weighted by molar-refractivity contribution is 14.0. The first-order chi connectivity index (χ1) is 10.6. The van der Waals surface area contributed by atoms with Crippen LogP contribution in [-0.4, -0.2) is 37.2 Å². The summed E-state index contributed by atoms with van der Waals surface area (Å²) in [6, 6.07) is 10.2. The zero-order chi connectivity index (χ0) is 16.0. The van der Waals surface area contributed by atoms with E-state index in [4.69, 9.17) is 4.74 Å². The van der Waals surface area contributed by atoms with Gasteiger partial charge in [-0.05, 0) is 25.5 Å². The van der Waals surface area contributed by atoms with Gasteiger partial charge in [0.25, 0.3) is 0 Å². The average molecular weight is 428 g/mol. The standard InChI is InChI=1S/C17H24N4O.HI/c1-17(2,22-4)12-21-16(18-3)20-11-14-8-5-7-13-9-6-10-19-15(13)14;/h5-10H,11-12H2,1-4H3,(H2,18,20,21);1H. The monoisotopic (exact) mass is 428 g/mol. The highest BCUT2D eigenvalue weighted by Gasteiger charge is 2.16. The highest BCUT2D eigenvalue weighted by atomic mass is 127. The van der Waals surface area contributed by atoms with Gasteiger partial charge in [0, 0.05) is 38.8 Å². The van der Waals surface area contributed by atoms with Gasteiger partial charge in [0.2, 0.25) is 0 Å². The topological polar surface area (TPSA) is 58.5 Å². The minimum atomic E-state index is -0.237. The van der Waals surface area contributed by atoms with Crippen molar-refractivity contribution in [1.82, 2.24) is 15.6 Å². The number of para-hydroxylation sites is 1. The number of nitrogens with zero attached hydrogens (tertiary/aromatic N) is 2. The number of fused-ring (bicyclic) bond motifs is 1. The predicted molar refractivity (Wildman–Crippen MR) is 106 cm³/mol. The maximum atomic E-state index is 5.40. The van der Waals surface area contributed by atoms with Gasteiger partial charge in [-0.15, -0.1) is 24.0 Å². The number of hydrogen-bond acceptors (Lipinski definition) is 3. The lowest BCUT2D eigenvalue weighted by Crippen LogP contribution is -2.45. The van der Waals surface area contributed by atoms with Gasteiger partial charge >= 0.3 is 0 Å². The Morgan fingerprint density at radius 3 is 2.65 bits per heavy atom. The normalized spacial score (nSPS) is 11.9. The molecule has 0 saturated carbocycles. The quantitative estimate of drug-likeness (QED) is 0.437. The van der Waals surface area contributed by atoms with Crippen LogP contribution in [0.15, 0.2) is 41.5 Å². The van der Waals surface area contributed by atoms with Crippen LogP contribution in [-0.2, 0) is 11.3 Å². The van der Waals surface area contributed by atoms with Crippen LogP contribution in [0.25, 0.3) is 10.9 Å². The molecule has 0 aliphatic rings. The predicted octanol–water partition coefficient (Wildman–Crippen LogP) is 2.94. The number of ether oxygens (including phenoxy) is 1. The summed E-state index contributed by atoms with van der Waals surface area (Å²) >= 11 is 0. The fraction of sp³-hybridized carbons (Fsp3) is 0.412. The summed E-state index contributed by atoms with van der Waals surface area (Å²) in [7, 11) is 3.47. The van der Waals surface area contributed by atoms with Crippen molar-refractivity contribution in [3.63, 3.8) is 0 Å². The number of halogens is 1. The van der Waals surface area contributed by atoms with Gasteiger partial charge in [0.05, 0.1) is 11.1 Å². The molecule has 0 fully saturated rings. The second kappa shape index (κ2) is 9.02. The van der Waals surface area contributed by atoms with E-state index in [0.717, 1.165) is 22.4 Å². The molecule has 0 spiro atoms. The molecule has 0 saturated heterocycles. The second-order valence-electron chi connectivity index (χ2n) is 5.74. The van der Waals surface area contributed by atoms with E-state index in [0.29, 0.717) is 13.1 Å². The maximum absolute atomic E-state index is 5.40. The van der Waals surface area contributed by atoms with Crippen molar-refractivity contribution < 1.29 is 4.74 Å². The first-order valence-corrected chi connectivity index (χ1v) is 7.38. The zero-order valence-corrected chi connectivity index (χ0v) is 16.4. The molecular weight excluding hydrogens is 403 g/mol. The molecule has 0 radical (unpaired) electrons. The molecule has 2 aromatic rings. The fourth-order valence-electron chi connectivity index (χ4n) is 2.08. The van der Waals surface area contributed by atoms with E-state index < -0.39 is 0 Å². The molecule has 1 aromatic carbocycles. The van der Waals surface area contributed by atoms with E-state index >= 15 is 0 Å². The first kappa shape index (κ1) is 19.6. The number of aromatic nitrogens is 1. The van der Waals surface area contributed by atoms with Crippen LogP contribution in [0.3, 0.4) is 0 Å². The minimum absolute atomic E-state index is 0. The molecule has 0 aliphatic heterocycles. The van der Waals surface area contributed by atoms with Crippen molar-refractivity contribution in [3.05, 3.63) is 42.1 Å². The van der Waals surface area contributed by atoms with E-state index in [2.05, 4.69) is 38.8 Å². The zero-order valence-electron chi connectivity index (χ0n) is 14.1. The Balaban J connectivity index is 0.00000264. The molecule has 0 unspecified atom stereocenters. The lowest BCUT2D eigenvalue weighted by atomic mass is 10.1. The molecule has 2 N–H and O–H groups in total. The third-order valence-electron chi connectivity index (χ3n) is 3.62. The molecule has 0 aliphatic carbocycles. The number of hydrogen-bond donors (Lipinski definition) is 2. The molecule has 1 heterocycles. The molecule has 0 amide bonds. The fourth-order valence-corrected chi connectivity index (χ4v) is 2.08. The number of guanidine groups is 1. The third-order valence-corrected chi connectivity index (χ3v) is 3.62. The molecule has 1 aromatic heterocycles. The molecule has 0 bridgehead atoms. The van der Waals surface area contributed by atoms with Gasteiger partial charge in [-0.2, -0.15) is 0 Å². The van der Waals surface area contributed by atoms with Crippen molar-refractivity contribution in [2.24, 2.45) is 4.99 Å². The second-order valence-corrected chi connectivity index (χ2v) is 5.74. The summed E-state index contributed by atoms with van der Waals surface area (Å²) in [5, 5.41) is 7.73. The molecule has 0 atom stereocenters. The average Bonchev–Trinajstić information content (AvgIpc) is 2.55. The number of aliphatic imine (C=N–C) groups is 1. The highest BCUT2D eigenvalue weighted by Crippen LogP contribution is 2.15. The summed E-state index contributed by atoms with van der Waals surface area (Å²) in [6.07, 6.45) is 1.82. The summed E-state index contributed by atoms with van der Waals surface area (Å²) in [6.45, 7) is 5.40. The lowest BCUT2D eigenvalue weighted by Gasteiger charge is -2.24. The SMILES string of the molecule is CN=C(NCc1cccc2cccnc12)NCC(C)(C)OC.I. The smallest absolute Gasteiger partial charge is 0.191 e. The Morgan fingerprint density at radius 2 is 1.96 bits per heavy atom. The number of rotatable bonds is 5. The Kier molecular flexibility index (Phi) is 7.70. The summed E-state index contributed by atoms with van der Waals surface area (Å²) in [4.78, 5) is 8.70. The van der Waals surface area contributed by atoms with Crippen LogP contribution in [0.1, 0.15) is 19.4 Å². The van der Waals surface area contributed by atoms with Gasteiger partial charge in [0.15, 0.2) is 5.96 Å². The summed E-state index contributed by atoms with van der Waals surface area (Å²) in [5.74, 6) is 0.748. The number of nitrogens with one attached hydrogen (secondary N) is 2. The summed E-state index contributed by atoms with van der Waals surface area (Å²) in [5.41, 5.74) is 1.93. The van der Waals surface area contributed by atoms with Crippen molar-refractivity contribution >= 4 is 40.8 Å². The van der Waals surface area contributed by atoms with Crippen LogP contribution in [0.2, 0.25) is 0 Å². The van der Waals surface area contributed by atoms with E-state index in [1.54, 1.807) is 14.2 Å². The molecule has 23 heavy (non-hydrogen) atoms. The maximum Gasteiger partial charge on any atom is 0.191 e. The van der Waals surface area contributed by atoms with Crippen LogP contribution >= 0.6 is 24.0 Å². The number of pyridine rings is 1. The van der Waals surface area contributed by atoms with Crippen molar-refractivity contribution in [2.45, 2.75) is 26.0 Å². The molecular formula is C17H25IN4O. The van der Waals surface area contributed by atoms with Gasteiger partial charge in [-0.3, -0.25) is 9.98 Å². The molecule has 5 nitrogen and oxygen atoms in total. The number of methoxy groups -OCH3 is 1. The summed E-state index contributed by atoms with van der Waals surface area (Å²) < 4.78 is 5.40. The van der Waals surface area contributed by atoms with Crippen LogP contribution in [0.5, 0.6) is 0 Å². The Labute approximate surface area is 155 Å². The van der Waals surface area contributed by atoms with Gasteiger partial charge in [-0.25, -0.2) is 0 Å². The van der Waals surface area contributed by atoms with Crippen molar-refractivity contribution in [1.29, 1.82) is 0 Å². The van der Waals surface area contributed by atoms with Crippen LogP contribution < -0.4 is 10.6 Å². The minimum Gasteiger partial charge on any atom is -0.377 e. The van der Waals surface area contributed by atoms with E-state index in [9.17, 15) is 0 Å². The molecule has 2 rings (SSSR count). The lowest BCUT2D eigenvalue weighted by molar-refractivity contribution is 0.0268. The van der Waals surface area contributed by atoms with Gasteiger partial charge in [0.1, 0.15) is 0 Å². The van der Waals surface area contributed by atoms with Crippen LogP contribution in [0, 0.1) is 0 Å². The van der Waals surface area contributed by atoms with Crippen LogP contribution in [0.4, 0.5) is 0 Å². The van der Waals surface area contributed by atoms with Gasteiger partial charge in [-0.1, -0.05) is 24.3 Å². The first-order valence-electron chi connectivity index (χ1n) is 7.38. The largest absolute Gasteiger partial charge is 0.377 e.